The van der Waals surface area contributed by atoms with Crippen LogP contribution in [0.25, 0.3) is 6.08 Å². The Hall–Kier alpha value is -1.96. The van der Waals surface area contributed by atoms with E-state index < -0.39 is 0 Å². The van der Waals surface area contributed by atoms with Crippen LogP contribution >= 0.6 is 35.3 Å². The van der Waals surface area contributed by atoms with Gasteiger partial charge in [-0.1, -0.05) is 29.5 Å². The number of carbonyl (C=O) groups is 2. The molecular formula is C17H14N2O2S3. The van der Waals surface area contributed by atoms with Gasteiger partial charge in [0.05, 0.1) is 4.91 Å². The molecule has 4 nitrogen and oxygen atoms in total. The molecule has 0 aliphatic carbocycles. The first-order valence-corrected chi connectivity index (χ1v) is 9.26. The number of hydrogen-bond acceptors (Lipinski definition) is 5. The van der Waals surface area contributed by atoms with E-state index in [1.807, 2.05) is 43.5 Å². The van der Waals surface area contributed by atoms with E-state index >= 15 is 0 Å². The number of thioether (sulfide) groups is 1. The standard InChI is InChI=1S/C17H14N2O2S3/c1-10-3-5-12(6-4-10)15(20)18-19-16(21)14(24-17(19)22)9-13-11(2)7-8-23-13/h3-9H,1-2H3,(H,18,20). The van der Waals surface area contributed by atoms with Gasteiger partial charge in [0.25, 0.3) is 11.8 Å². The number of aryl methyl sites for hydroxylation is 2. The number of nitrogens with zero attached hydrogens (tertiary/aromatic N) is 1. The fourth-order valence-electron chi connectivity index (χ4n) is 2.09. The van der Waals surface area contributed by atoms with Crippen molar-refractivity contribution in [2.24, 2.45) is 0 Å². The SMILES string of the molecule is Cc1ccc(C(=O)NN2C(=O)C(=Cc3sccc3C)SC2=S)cc1. The number of amides is 2. The summed E-state index contributed by atoms with van der Waals surface area (Å²) in [6.45, 7) is 3.93. The minimum atomic E-state index is -0.361. The van der Waals surface area contributed by atoms with Crippen LogP contribution in [0.15, 0.2) is 40.6 Å². The van der Waals surface area contributed by atoms with Crippen LogP contribution in [0.5, 0.6) is 0 Å². The van der Waals surface area contributed by atoms with Crippen molar-refractivity contribution in [3.63, 3.8) is 0 Å². The molecule has 0 radical (unpaired) electrons. The van der Waals surface area contributed by atoms with Gasteiger partial charge < -0.3 is 0 Å². The topological polar surface area (TPSA) is 49.4 Å². The van der Waals surface area contributed by atoms with Crippen molar-refractivity contribution < 1.29 is 9.59 Å². The number of thiocarbonyl (C=S) groups is 1. The molecule has 0 spiro atoms. The Balaban J connectivity index is 1.77. The first kappa shape index (κ1) is 16.9. The second kappa shape index (κ2) is 6.88. The molecule has 1 aromatic heterocycles. The lowest BCUT2D eigenvalue weighted by atomic mass is 10.1. The van der Waals surface area contributed by atoms with Crippen molar-refractivity contribution in [1.82, 2.24) is 10.4 Å². The van der Waals surface area contributed by atoms with Gasteiger partial charge in [-0.25, -0.2) is 0 Å². The van der Waals surface area contributed by atoms with Crippen molar-refractivity contribution in [3.8, 4) is 0 Å². The maximum absolute atomic E-state index is 12.5. The fourth-order valence-corrected chi connectivity index (χ4v) is 4.18. The van der Waals surface area contributed by atoms with Gasteiger partial charge in [-0.2, -0.15) is 5.01 Å². The van der Waals surface area contributed by atoms with Gasteiger partial charge >= 0.3 is 0 Å². The molecule has 1 fully saturated rings. The molecule has 0 saturated carbocycles. The number of carbonyl (C=O) groups excluding carboxylic acids is 2. The van der Waals surface area contributed by atoms with E-state index in [2.05, 4.69) is 5.43 Å². The monoisotopic (exact) mass is 374 g/mol. The summed E-state index contributed by atoms with van der Waals surface area (Å²) in [7, 11) is 0. The second-order valence-electron chi connectivity index (χ2n) is 5.29. The molecule has 1 saturated heterocycles. The number of rotatable bonds is 3. The van der Waals surface area contributed by atoms with E-state index in [0.717, 1.165) is 21.0 Å². The Morgan fingerprint density at radius 2 is 1.92 bits per heavy atom. The molecule has 2 amide bonds. The van der Waals surface area contributed by atoms with Crippen molar-refractivity contribution in [3.05, 3.63) is 62.2 Å². The molecule has 0 atom stereocenters. The Morgan fingerprint density at radius 3 is 2.54 bits per heavy atom. The van der Waals surface area contributed by atoms with Crippen molar-refractivity contribution in [1.29, 1.82) is 0 Å². The van der Waals surface area contributed by atoms with Gasteiger partial charge in [-0.05, 0) is 61.3 Å². The molecular weight excluding hydrogens is 360 g/mol. The lowest BCUT2D eigenvalue weighted by Crippen LogP contribution is -2.44. The Kier molecular flexibility index (Phi) is 4.84. The van der Waals surface area contributed by atoms with Gasteiger partial charge in [0, 0.05) is 10.4 Å². The highest BCUT2D eigenvalue weighted by Crippen LogP contribution is 2.33. The average Bonchev–Trinajstić information content (AvgIpc) is 3.07. The van der Waals surface area contributed by atoms with E-state index in [4.69, 9.17) is 12.2 Å². The lowest BCUT2D eigenvalue weighted by molar-refractivity contribution is -0.123. The summed E-state index contributed by atoms with van der Waals surface area (Å²) < 4.78 is 0.320. The molecule has 1 aliphatic rings. The van der Waals surface area contributed by atoms with E-state index in [-0.39, 0.29) is 11.8 Å². The summed E-state index contributed by atoms with van der Waals surface area (Å²) in [4.78, 5) is 26.3. The van der Waals surface area contributed by atoms with Crippen LogP contribution in [0.2, 0.25) is 0 Å². The number of benzene rings is 1. The van der Waals surface area contributed by atoms with Gasteiger partial charge in [-0.3, -0.25) is 15.0 Å². The van der Waals surface area contributed by atoms with E-state index in [0.29, 0.717) is 14.8 Å². The molecule has 1 aliphatic heterocycles. The molecule has 24 heavy (non-hydrogen) atoms. The molecule has 7 heteroatoms. The van der Waals surface area contributed by atoms with E-state index in [9.17, 15) is 9.59 Å². The fraction of sp³-hybridized carbons (Fsp3) is 0.118. The summed E-state index contributed by atoms with van der Waals surface area (Å²) in [5, 5.41) is 3.11. The van der Waals surface area contributed by atoms with Crippen LogP contribution < -0.4 is 5.43 Å². The second-order valence-corrected chi connectivity index (χ2v) is 7.92. The number of nitrogens with one attached hydrogen (secondary N) is 1. The van der Waals surface area contributed by atoms with Crippen molar-refractivity contribution in [2.45, 2.75) is 13.8 Å². The smallest absolute Gasteiger partial charge is 0.267 e. The minimum absolute atomic E-state index is 0.307. The third-order valence-corrected chi connectivity index (χ3v) is 5.75. The third-order valence-electron chi connectivity index (χ3n) is 3.48. The molecule has 2 aromatic rings. The minimum Gasteiger partial charge on any atom is -0.267 e. The highest BCUT2D eigenvalue weighted by molar-refractivity contribution is 8.26. The van der Waals surface area contributed by atoms with Gasteiger partial charge in [-0.15, -0.1) is 11.3 Å². The molecule has 1 N–H and O–H groups in total. The van der Waals surface area contributed by atoms with E-state index in [1.165, 1.54) is 11.8 Å². The maximum Gasteiger partial charge on any atom is 0.285 e. The largest absolute Gasteiger partial charge is 0.285 e. The van der Waals surface area contributed by atoms with Crippen molar-refractivity contribution >= 4 is 57.5 Å². The Morgan fingerprint density at radius 1 is 1.21 bits per heavy atom. The predicted molar refractivity (Wildman–Crippen MR) is 103 cm³/mol. The summed E-state index contributed by atoms with van der Waals surface area (Å²) in [5.74, 6) is -0.668. The van der Waals surface area contributed by atoms with Gasteiger partial charge in [0.2, 0.25) is 0 Å². The summed E-state index contributed by atoms with van der Waals surface area (Å²) in [6, 6.07) is 9.12. The third kappa shape index (κ3) is 3.43. The molecule has 3 rings (SSSR count). The van der Waals surface area contributed by atoms with Gasteiger partial charge in [0.1, 0.15) is 0 Å². The van der Waals surface area contributed by atoms with Crippen LogP contribution in [-0.2, 0) is 4.79 Å². The van der Waals surface area contributed by atoms with Crippen LogP contribution in [-0.4, -0.2) is 21.1 Å². The van der Waals surface area contributed by atoms with Crippen molar-refractivity contribution in [2.75, 3.05) is 0 Å². The zero-order valence-electron chi connectivity index (χ0n) is 13.0. The number of hydrazine groups is 1. The zero-order chi connectivity index (χ0) is 17.3. The maximum atomic E-state index is 12.5. The first-order valence-electron chi connectivity index (χ1n) is 7.15. The highest BCUT2D eigenvalue weighted by atomic mass is 32.2. The normalized spacial score (nSPS) is 16.1. The quantitative estimate of drug-likeness (QED) is 0.654. The van der Waals surface area contributed by atoms with Crippen LogP contribution in [0.1, 0.15) is 26.4 Å². The van der Waals surface area contributed by atoms with Gasteiger partial charge in [0.15, 0.2) is 4.32 Å². The molecule has 2 heterocycles. The molecule has 1 aromatic carbocycles. The summed E-state index contributed by atoms with van der Waals surface area (Å²) in [6.07, 6.45) is 1.82. The zero-order valence-corrected chi connectivity index (χ0v) is 15.5. The first-order chi connectivity index (χ1) is 11.5. The molecule has 0 bridgehead atoms. The van der Waals surface area contributed by atoms with Crippen LogP contribution in [0.3, 0.4) is 0 Å². The highest BCUT2D eigenvalue weighted by Gasteiger charge is 2.33. The number of thiophene rings is 1. The Labute approximate surface area is 153 Å². The van der Waals surface area contributed by atoms with E-state index in [1.54, 1.807) is 23.5 Å². The molecule has 0 unspecified atom stereocenters. The van der Waals surface area contributed by atoms with Crippen LogP contribution in [0.4, 0.5) is 0 Å². The number of hydrogen-bond donors (Lipinski definition) is 1. The average molecular weight is 375 g/mol. The lowest BCUT2D eigenvalue weighted by Gasteiger charge is -2.15. The molecule has 122 valence electrons. The summed E-state index contributed by atoms with van der Waals surface area (Å²) in [5.41, 5.74) is 5.23. The Bertz CT molecular complexity index is 853. The predicted octanol–water partition coefficient (Wildman–Crippen LogP) is 3.91. The summed E-state index contributed by atoms with van der Waals surface area (Å²) >= 11 is 7.98. The van der Waals surface area contributed by atoms with Crippen LogP contribution in [0, 0.1) is 13.8 Å².